The number of methoxy groups -OCH3 is 1. The number of carbonyl (C=O) groups excluding carboxylic acids is 2. The molecule has 4 rings (SSSR count). The number of thioether (sulfide) groups is 1. The summed E-state index contributed by atoms with van der Waals surface area (Å²) in [5, 5.41) is 20.8. The minimum absolute atomic E-state index is 0.00471. The second-order valence-corrected chi connectivity index (χ2v) is 10.0. The molecule has 0 bridgehead atoms. The van der Waals surface area contributed by atoms with Crippen molar-refractivity contribution in [3.63, 3.8) is 0 Å². The van der Waals surface area contributed by atoms with Gasteiger partial charge in [-0.25, -0.2) is 4.99 Å². The fourth-order valence-corrected chi connectivity index (χ4v) is 5.55. The Balaban J connectivity index is 1.72. The maximum Gasteiger partial charge on any atom is 0.315 e. The first-order valence-corrected chi connectivity index (χ1v) is 13.8. The number of nitrogens with zero attached hydrogens (tertiary/aromatic N) is 3. The molecule has 2 unspecified atom stereocenters. The van der Waals surface area contributed by atoms with Crippen LogP contribution in [-0.4, -0.2) is 42.2 Å². The zero-order valence-corrected chi connectivity index (χ0v) is 23.5. The van der Waals surface area contributed by atoms with Crippen LogP contribution in [0.1, 0.15) is 18.4 Å². The summed E-state index contributed by atoms with van der Waals surface area (Å²) in [5.74, 6) is -2.34. The van der Waals surface area contributed by atoms with Crippen molar-refractivity contribution in [2.45, 2.75) is 12.8 Å². The van der Waals surface area contributed by atoms with E-state index in [9.17, 15) is 20.0 Å². The van der Waals surface area contributed by atoms with E-state index in [-0.39, 0.29) is 35.3 Å². The molecule has 41 heavy (non-hydrogen) atoms. The van der Waals surface area contributed by atoms with Crippen LogP contribution in [0, 0.1) is 17.2 Å². The summed E-state index contributed by atoms with van der Waals surface area (Å²) in [6.45, 7) is 5.30. The summed E-state index contributed by atoms with van der Waals surface area (Å²) in [5.41, 5.74) is 2.63. The minimum Gasteiger partial charge on any atom is -0.504 e. The Morgan fingerprint density at radius 2 is 1.73 bits per heavy atom. The molecule has 0 spiro atoms. The summed E-state index contributed by atoms with van der Waals surface area (Å²) in [4.78, 5) is 33.1. The molecule has 2 atom stereocenters. The number of benzene rings is 3. The Morgan fingerprint density at radius 1 is 1.10 bits per heavy atom. The fourth-order valence-electron chi connectivity index (χ4n) is 4.63. The number of hydrogen-bond donors (Lipinski definition) is 1. The number of hydrogen-bond acceptors (Lipinski definition) is 8. The number of phenolic OH excluding ortho intramolecular Hbond substituents is 1. The Labute approximate surface area is 243 Å². The molecule has 0 radical (unpaired) electrons. The van der Waals surface area contributed by atoms with Crippen molar-refractivity contribution >= 4 is 40.7 Å². The van der Waals surface area contributed by atoms with Crippen LogP contribution in [-0.2, 0) is 14.3 Å². The van der Waals surface area contributed by atoms with Gasteiger partial charge in [0, 0.05) is 23.0 Å². The summed E-state index contributed by atoms with van der Waals surface area (Å²) in [6.07, 6.45) is 1.46. The van der Waals surface area contributed by atoms with E-state index in [1.54, 1.807) is 24.0 Å². The molecule has 208 valence electrons. The largest absolute Gasteiger partial charge is 0.504 e. The number of ether oxygens (including phenoxy) is 2. The molecule has 3 aromatic carbocycles. The van der Waals surface area contributed by atoms with Gasteiger partial charge >= 0.3 is 5.97 Å². The second-order valence-electron chi connectivity index (χ2n) is 9.08. The molecule has 9 heteroatoms. The highest BCUT2D eigenvalue weighted by Crippen LogP contribution is 2.44. The topological polar surface area (TPSA) is 112 Å². The Bertz CT molecular complexity index is 1490. The first kappa shape index (κ1) is 29.2. The van der Waals surface area contributed by atoms with E-state index in [0.717, 1.165) is 11.8 Å². The van der Waals surface area contributed by atoms with E-state index in [2.05, 4.69) is 17.6 Å². The van der Waals surface area contributed by atoms with Crippen molar-refractivity contribution in [2.24, 2.45) is 10.9 Å². The number of para-hydroxylation sites is 2. The van der Waals surface area contributed by atoms with Gasteiger partial charge in [-0.1, -0.05) is 66.9 Å². The van der Waals surface area contributed by atoms with Gasteiger partial charge in [-0.3, -0.25) is 14.5 Å². The van der Waals surface area contributed by atoms with Crippen molar-refractivity contribution in [3.05, 3.63) is 108 Å². The van der Waals surface area contributed by atoms with E-state index in [1.807, 2.05) is 60.7 Å². The molecular weight excluding hydrogens is 538 g/mol. The van der Waals surface area contributed by atoms with Crippen LogP contribution in [0.15, 0.2) is 107 Å². The third-order valence-corrected chi connectivity index (χ3v) is 7.47. The average Bonchev–Trinajstić information content (AvgIpc) is 3.00. The van der Waals surface area contributed by atoms with Crippen LogP contribution < -0.4 is 9.64 Å². The predicted molar refractivity (Wildman–Crippen MR) is 160 cm³/mol. The van der Waals surface area contributed by atoms with Gasteiger partial charge in [-0.05, 0) is 48.9 Å². The summed E-state index contributed by atoms with van der Waals surface area (Å²) < 4.78 is 10.7. The van der Waals surface area contributed by atoms with Crippen LogP contribution in [0.5, 0.6) is 11.5 Å². The second kappa shape index (κ2) is 13.5. The molecule has 1 heterocycles. The lowest BCUT2D eigenvalue weighted by Gasteiger charge is -2.30. The van der Waals surface area contributed by atoms with Gasteiger partial charge in [-0.2, -0.15) is 5.26 Å². The third-order valence-electron chi connectivity index (χ3n) is 6.49. The minimum atomic E-state index is -0.899. The van der Waals surface area contributed by atoms with Gasteiger partial charge in [0.2, 0.25) is 5.91 Å². The number of esters is 1. The predicted octanol–water partition coefficient (Wildman–Crippen LogP) is 6.14. The fraction of sp³-hybridized carbons (Fsp3) is 0.188. The quantitative estimate of drug-likeness (QED) is 0.231. The molecule has 0 saturated carbocycles. The van der Waals surface area contributed by atoms with E-state index < -0.39 is 17.8 Å². The monoisotopic (exact) mass is 567 g/mol. The van der Waals surface area contributed by atoms with Gasteiger partial charge in [0.25, 0.3) is 0 Å². The number of aliphatic imine (C=N–C) groups is 1. The van der Waals surface area contributed by atoms with E-state index in [1.165, 1.54) is 19.3 Å². The van der Waals surface area contributed by atoms with Crippen LogP contribution in [0.3, 0.4) is 0 Å². The molecule has 1 N–H and O–H groups in total. The number of phenols is 1. The molecule has 0 aliphatic carbocycles. The highest BCUT2D eigenvalue weighted by atomic mass is 32.2. The van der Waals surface area contributed by atoms with Crippen molar-refractivity contribution in [1.29, 1.82) is 5.26 Å². The van der Waals surface area contributed by atoms with Crippen LogP contribution in [0.4, 0.5) is 11.4 Å². The van der Waals surface area contributed by atoms with Crippen LogP contribution in [0.25, 0.3) is 0 Å². The molecule has 1 aliphatic heterocycles. The molecule has 8 nitrogen and oxygen atoms in total. The van der Waals surface area contributed by atoms with Gasteiger partial charge in [0.15, 0.2) is 11.5 Å². The smallest absolute Gasteiger partial charge is 0.315 e. The molecule has 0 saturated heterocycles. The molecule has 1 amide bonds. The highest BCUT2D eigenvalue weighted by Gasteiger charge is 2.41. The molecular formula is C32H29N3O5S. The molecule has 3 aromatic rings. The maximum atomic E-state index is 13.6. The van der Waals surface area contributed by atoms with Crippen LogP contribution >= 0.6 is 11.8 Å². The van der Waals surface area contributed by atoms with Gasteiger partial charge in [0.1, 0.15) is 17.6 Å². The number of allylic oxidation sites excluding steroid dienone is 1. The Kier molecular flexibility index (Phi) is 9.61. The van der Waals surface area contributed by atoms with Crippen molar-refractivity contribution < 1.29 is 24.2 Å². The number of aromatic hydroxyl groups is 1. The Hall–Kier alpha value is -4.81. The molecule has 1 aliphatic rings. The molecule has 0 fully saturated rings. The standard InChI is InChI=1S/C32H29N3O5S/c1-4-17-40-32(38)29-21(2)34-31(25(19-33)30(29)22-15-16-26(36)27(18-22)39-3)41-20-28(37)35(23-11-7-5-8-12-23)24-13-9-6-10-14-24/h4-16,18,29-30,36H,1,17,20H2,2-3H3. The summed E-state index contributed by atoms with van der Waals surface area (Å²) in [7, 11) is 1.42. The number of rotatable bonds is 10. The number of nitriles is 1. The first-order chi connectivity index (χ1) is 19.9. The third kappa shape index (κ3) is 6.51. The average molecular weight is 568 g/mol. The Morgan fingerprint density at radius 3 is 2.29 bits per heavy atom. The lowest BCUT2D eigenvalue weighted by atomic mass is 9.77. The summed E-state index contributed by atoms with van der Waals surface area (Å²) in [6, 6.07) is 25.5. The lowest BCUT2D eigenvalue weighted by molar-refractivity contribution is -0.145. The number of amides is 1. The van der Waals surface area contributed by atoms with Gasteiger partial charge in [-0.15, -0.1) is 0 Å². The SMILES string of the molecule is C=CCOC(=O)C1C(C)=NC(SCC(=O)N(c2ccccc2)c2ccccc2)=C(C#N)C1c1ccc(O)c(OC)c1. The highest BCUT2D eigenvalue weighted by molar-refractivity contribution is 8.03. The lowest BCUT2D eigenvalue weighted by Crippen LogP contribution is -2.34. The van der Waals surface area contributed by atoms with E-state index in [4.69, 9.17) is 9.47 Å². The van der Waals surface area contributed by atoms with Crippen molar-refractivity contribution in [2.75, 3.05) is 24.4 Å². The van der Waals surface area contributed by atoms with Gasteiger partial charge in [0.05, 0.1) is 24.5 Å². The normalized spacial score (nSPS) is 16.3. The number of anilines is 2. The number of carbonyl (C=O) groups is 2. The van der Waals surface area contributed by atoms with Gasteiger partial charge < -0.3 is 14.6 Å². The van der Waals surface area contributed by atoms with Crippen molar-refractivity contribution in [1.82, 2.24) is 0 Å². The zero-order chi connectivity index (χ0) is 29.4. The van der Waals surface area contributed by atoms with E-state index in [0.29, 0.717) is 27.7 Å². The maximum absolute atomic E-state index is 13.6. The van der Waals surface area contributed by atoms with Crippen molar-refractivity contribution in [3.8, 4) is 17.6 Å². The zero-order valence-electron chi connectivity index (χ0n) is 22.7. The van der Waals surface area contributed by atoms with Crippen LogP contribution in [0.2, 0.25) is 0 Å². The van der Waals surface area contributed by atoms with E-state index >= 15 is 0 Å². The summed E-state index contributed by atoms with van der Waals surface area (Å²) >= 11 is 1.13. The first-order valence-electron chi connectivity index (χ1n) is 12.8. The molecule has 0 aromatic heterocycles.